The highest BCUT2D eigenvalue weighted by atomic mass is 16.5. The summed E-state index contributed by atoms with van der Waals surface area (Å²) in [6.07, 6.45) is 8.20. The second-order valence-electron chi connectivity index (χ2n) is 5.26. The van der Waals surface area contributed by atoms with E-state index in [0.29, 0.717) is 17.2 Å². The number of ketones is 1. The Balaban J connectivity index is 1.81. The van der Waals surface area contributed by atoms with Crippen LogP contribution >= 0.6 is 0 Å². The Kier molecular flexibility index (Phi) is 2.61. The number of nitrogens with zero attached hydrogens (tertiary/aromatic N) is 1. The number of Topliss-reactive ketones (excluding diaryl/α,β-unsaturated/α-hetero) is 1. The molecule has 0 saturated heterocycles. The largest absolute Gasteiger partial charge is 0.495 e. The number of methoxy groups -OCH3 is 1. The molecular formula is C14H17NO2. The van der Waals surface area contributed by atoms with Gasteiger partial charge in [0.2, 0.25) is 0 Å². The lowest BCUT2D eigenvalue weighted by Crippen LogP contribution is -2.21. The number of ether oxygens (including phenoxy) is 1. The molecule has 90 valence electrons. The number of aromatic nitrogens is 1. The summed E-state index contributed by atoms with van der Waals surface area (Å²) in [5.41, 5.74) is 0.710. The fraction of sp³-hybridized carbons (Fsp3) is 0.571. The zero-order valence-corrected chi connectivity index (χ0v) is 10.1. The molecule has 1 heterocycles. The average molecular weight is 231 g/mol. The number of carbonyl (C=O) groups is 1. The molecule has 2 aliphatic rings. The highest BCUT2D eigenvalue weighted by Gasteiger charge is 2.43. The van der Waals surface area contributed by atoms with E-state index in [1.54, 1.807) is 25.6 Å². The Morgan fingerprint density at radius 1 is 1.35 bits per heavy atom. The second kappa shape index (κ2) is 4.13. The predicted molar refractivity (Wildman–Crippen MR) is 64.1 cm³/mol. The lowest BCUT2D eigenvalue weighted by molar-refractivity contribution is 0.0874. The van der Waals surface area contributed by atoms with Gasteiger partial charge in [0.05, 0.1) is 13.3 Å². The molecule has 1 aromatic rings. The summed E-state index contributed by atoms with van der Waals surface area (Å²) in [6, 6.07) is 1.81. The molecule has 2 bridgehead atoms. The first-order chi connectivity index (χ1) is 8.28. The minimum Gasteiger partial charge on any atom is -0.495 e. The molecular weight excluding hydrogens is 214 g/mol. The first-order valence-corrected chi connectivity index (χ1v) is 6.31. The zero-order valence-electron chi connectivity index (χ0n) is 10.1. The monoisotopic (exact) mass is 231 g/mol. The normalized spacial score (nSPS) is 30.5. The van der Waals surface area contributed by atoms with Crippen LogP contribution in [-0.2, 0) is 0 Å². The maximum atomic E-state index is 12.4. The number of carbonyl (C=O) groups excluding carboxylic acids is 1. The van der Waals surface area contributed by atoms with Crippen LogP contribution in [0.5, 0.6) is 5.75 Å². The molecule has 1 aromatic heterocycles. The average Bonchev–Trinajstić information content (AvgIpc) is 3.00. The maximum Gasteiger partial charge on any atom is 0.167 e. The van der Waals surface area contributed by atoms with Gasteiger partial charge in [-0.25, -0.2) is 0 Å². The van der Waals surface area contributed by atoms with Crippen molar-refractivity contribution in [1.82, 2.24) is 4.98 Å². The summed E-state index contributed by atoms with van der Waals surface area (Å²) in [5, 5.41) is 0. The summed E-state index contributed by atoms with van der Waals surface area (Å²) in [4.78, 5) is 16.5. The van der Waals surface area contributed by atoms with Crippen molar-refractivity contribution in [3.8, 4) is 5.75 Å². The molecule has 3 unspecified atom stereocenters. The van der Waals surface area contributed by atoms with Crippen molar-refractivity contribution in [3.63, 3.8) is 0 Å². The number of rotatable bonds is 3. The van der Waals surface area contributed by atoms with Gasteiger partial charge in [0.25, 0.3) is 0 Å². The van der Waals surface area contributed by atoms with Gasteiger partial charge in [0.1, 0.15) is 5.75 Å². The summed E-state index contributed by atoms with van der Waals surface area (Å²) in [7, 11) is 1.60. The molecule has 0 amide bonds. The van der Waals surface area contributed by atoms with Crippen molar-refractivity contribution < 1.29 is 9.53 Å². The van der Waals surface area contributed by atoms with Crippen LogP contribution in [0.1, 0.15) is 36.0 Å². The third-order valence-electron chi connectivity index (χ3n) is 4.31. The quantitative estimate of drug-likeness (QED) is 0.751. The highest BCUT2D eigenvalue weighted by molar-refractivity contribution is 5.98. The fourth-order valence-electron chi connectivity index (χ4n) is 3.45. The van der Waals surface area contributed by atoms with Crippen LogP contribution in [0.3, 0.4) is 0 Å². The van der Waals surface area contributed by atoms with Crippen molar-refractivity contribution >= 4 is 5.78 Å². The Morgan fingerprint density at radius 3 is 2.88 bits per heavy atom. The van der Waals surface area contributed by atoms with Crippen molar-refractivity contribution in [2.45, 2.75) is 25.7 Å². The van der Waals surface area contributed by atoms with Crippen LogP contribution in [0, 0.1) is 17.8 Å². The highest BCUT2D eigenvalue weighted by Crippen LogP contribution is 2.49. The Hall–Kier alpha value is -1.38. The molecule has 2 aliphatic carbocycles. The van der Waals surface area contributed by atoms with Crippen molar-refractivity contribution in [1.29, 1.82) is 0 Å². The minimum atomic E-state index is 0.239. The van der Waals surface area contributed by atoms with Crippen LogP contribution < -0.4 is 4.74 Å². The topological polar surface area (TPSA) is 39.2 Å². The minimum absolute atomic E-state index is 0.239. The number of hydrogen-bond acceptors (Lipinski definition) is 3. The molecule has 0 aromatic carbocycles. The zero-order chi connectivity index (χ0) is 11.8. The van der Waals surface area contributed by atoms with Gasteiger partial charge in [-0.3, -0.25) is 9.78 Å². The van der Waals surface area contributed by atoms with Gasteiger partial charge in [-0.1, -0.05) is 6.42 Å². The number of fused-ring (bicyclic) bond motifs is 2. The smallest absolute Gasteiger partial charge is 0.167 e. The molecule has 17 heavy (non-hydrogen) atoms. The number of pyridine rings is 1. The van der Waals surface area contributed by atoms with Gasteiger partial charge in [-0.15, -0.1) is 0 Å². The summed E-state index contributed by atoms with van der Waals surface area (Å²) < 4.78 is 5.11. The van der Waals surface area contributed by atoms with E-state index >= 15 is 0 Å². The molecule has 3 nitrogen and oxygen atoms in total. The van der Waals surface area contributed by atoms with Crippen molar-refractivity contribution in [3.05, 3.63) is 24.0 Å². The Morgan fingerprint density at radius 2 is 2.24 bits per heavy atom. The summed E-state index contributed by atoms with van der Waals surface area (Å²) >= 11 is 0. The molecule has 3 rings (SSSR count). The van der Waals surface area contributed by atoms with E-state index in [-0.39, 0.29) is 11.7 Å². The third kappa shape index (κ3) is 1.84. The lowest BCUT2D eigenvalue weighted by atomic mass is 9.83. The Labute approximate surface area is 101 Å². The van der Waals surface area contributed by atoms with E-state index in [9.17, 15) is 4.79 Å². The van der Waals surface area contributed by atoms with Crippen molar-refractivity contribution in [2.75, 3.05) is 7.11 Å². The van der Waals surface area contributed by atoms with E-state index in [2.05, 4.69) is 4.98 Å². The van der Waals surface area contributed by atoms with Crippen LogP contribution in [0.15, 0.2) is 18.5 Å². The predicted octanol–water partition coefficient (Wildman–Crippen LogP) is 2.71. The lowest BCUT2D eigenvalue weighted by Gasteiger charge is -2.20. The van der Waals surface area contributed by atoms with E-state index in [1.165, 1.54) is 19.3 Å². The van der Waals surface area contributed by atoms with Gasteiger partial charge in [-0.2, -0.15) is 0 Å². The molecule has 0 N–H and O–H groups in total. The van der Waals surface area contributed by atoms with Gasteiger partial charge in [0, 0.05) is 17.7 Å². The van der Waals surface area contributed by atoms with Crippen LogP contribution in [0.4, 0.5) is 0 Å². The summed E-state index contributed by atoms with van der Waals surface area (Å²) in [6.45, 7) is 0. The van der Waals surface area contributed by atoms with E-state index < -0.39 is 0 Å². The van der Waals surface area contributed by atoms with E-state index in [1.807, 2.05) is 0 Å². The van der Waals surface area contributed by atoms with Gasteiger partial charge >= 0.3 is 0 Å². The first kappa shape index (κ1) is 10.8. The SMILES string of the molecule is COc1cncc(C(=O)C2CC3CCC2C3)c1. The molecule has 0 spiro atoms. The van der Waals surface area contributed by atoms with Gasteiger partial charge in [0.15, 0.2) is 5.78 Å². The third-order valence-corrected chi connectivity index (χ3v) is 4.31. The van der Waals surface area contributed by atoms with Crippen LogP contribution in [-0.4, -0.2) is 17.9 Å². The van der Waals surface area contributed by atoms with Gasteiger partial charge < -0.3 is 4.74 Å². The summed E-state index contributed by atoms with van der Waals surface area (Å²) in [5.74, 6) is 2.59. The van der Waals surface area contributed by atoms with Crippen molar-refractivity contribution in [2.24, 2.45) is 17.8 Å². The first-order valence-electron chi connectivity index (χ1n) is 6.31. The van der Waals surface area contributed by atoms with E-state index in [4.69, 9.17) is 4.74 Å². The Bertz CT molecular complexity index is 444. The molecule has 0 radical (unpaired) electrons. The fourth-order valence-corrected chi connectivity index (χ4v) is 3.45. The van der Waals surface area contributed by atoms with Crippen LogP contribution in [0.2, 0.25) is 0 Å². The van der Waals surface area contributed by atoms with E-state index in [0.717, 1.165) is 12.3 Å². The molecule has 2 saturated carbocycles. The standard InChI is InChI=1S/C14H17NO2/c1-17-12-6-11(7-15-8-12)14(16)13-5-9-2-3-10(13)4-9/h6-10,13H,2-5H2,1H3. The molecule has 2 fully saturated rings. The van der Waals surface area contributed by atoms with Crippen LogP contribution in [0.25, 0.3) is 0 Å². The molecule has 3 heteroatoms. The molecule has 0 aliphatic heterocycles. The maximum absolute atomic E-state index is 12.4. The number of hydrogen-bond donors (Lipinski definition) is 0. The van der Waals surface area contributed by atoms with Gasteiger partial charge in [-0.05, 0) is 37.2 Å². The second-order valence-corrected chi connectivity index (χ2v) is 5.26. The molecule has 3 atom stereocenters.